The molecule has 1 aromatic heterocycles. The first-order valence-electron chi connectivity index (χ1n) is 7.48. The molecule has 3 rings (SSSR count). The standard InChI is InChI=1S/C16H9BrF4N2O5S/c1-26-13-5-9-11(6-14(13)28-29(24,25)16(19,20)21)22-7-23-15(9)27-12-3-2-8(18)4-10(12)17/h2-7H,1H3. The van der Waals surface area contributed by atoms with Crippen molar-refractivity contribution in [2.75, 3.05) is 7.11 Å². The van der Waals surface area contributed by atoms with Gasteiger partial charge in [0.25, 0.3) is 0 Å². The number of hydrogen-bond acceptors (Lipinski definition) is 7. The summed E-state index contributed by atoms with van der Waals surface area (Å²) < 4.78 is 88.7. The fourth-order valence-electron chi connectivity index (χ4n) is 2.17. The summed E-state index contributed by atoms with van der Waals surface area (Å²) in [6.45, 7) is 0. The third-order valence-electron chi connectivity index (χ3n) is 3.47. The van der Waals surface area contributed by atoms with E-state index in [1.54, 1.807) is 0 Å². The number of fused-ring (bicyclic) bond motifs is 1. The van der Waals surface area contributed by atoms with Crippen molar-refractivity contribution in [3.05, 3.63) is 46.9 Å². The van der Waals surface area contributed by atoms with E-state index in [1.807, 2.05) is 0 Å². The van der Waals surface area contributed by atoms with Crippen molar-refractivity contribution in [2.24, 2.45) is 0 Å². The van der Waals surface area contributed by atoms with Crippen LogP contribution in [0, 0.1) is 5.82 Å². The van der Waals surface area contributed by atoms with Crippen molar-refractivity contribution in [1.82, 2.24) is 9.97 Å². The predicted molar refractivity (Wildman–Crippen MR) is 95.9 cm³/mol. The Balaban J connectivity index is 2.07. The van der Waals surface area contributed by atoms with E-state index in [1.165, 1.54) is 6.07 Å². The fourth-order valence-corrected chi connectivity index (χ4v) is 3.07. The topological polar surface area (TPSA) is 87.6 Å². The van der Waals surface area contributed by atoms with Crippen molar-refractivity contribution in [3.8, 4) is 23.1 Å². The predicted octanol–water partition coefficient (Wildman–Crippen LogP) is 4.56. The van der Waals surface area contributed by atoms with Crippen LogP contribution in [-0.4, -0.2) is 31.0 Å². The summed E-state index contributed by atoms with van der Waals surface area (Å²) >= 11 is 3.13. The van der Waals surface area contributed by atoms with Gasteiger partial charge in [-0.25, -0.2) is 14.4 Å². The molecule has 7 nitrogen and oxygen atoms in total. The number of ether oxygens (including phenoxy) is 2. The van der Waals surface area contributed by atoms with E-state index in [-0.39, 0.29) is 32.8 Å². The highest BCUT2D eigenvalue weighted by Gasteiger charge is 2.49. The fraction of sp³-hybridized carbons (Fsp3) is 0.125. The largest absolute Gasteiger partial charge is 0.534 e. The second kappa shape index (κ2) is 7.63. The zero-order chi connectivity index (χ0) is 21.4. The highest BCUT2D eigenvalue weighted by atomic mass is 79.9. The Labute approximate surface area is 169 Å². The van der Waals surface area contributed by atoms with Crippen molar-refractivity contribution in [3.63, 3.8) is 0 Å². The molecule has 0 N–H and O–H groups in total. The van der Waals surface area contributed by atoms with Crippen molar-refractivity contribution < 1.29 is 39.6 Å². The zero-order valence-electron chi connectivity index (χ0n) is 14.2. The molecule has 0 unspecified atom stereocenters. The van der Waals surface area contributed by atoms with Gasteiger partial charge < -0.3 is 13.7 Å². The molecule has 0 bridgehead atoms. The van der Waals surface area contributed by atoms with Crippen LogP contribution < -0.4 is 13.7 Å². The average molecular weight is 497 g/mol. The van der Waals surface area contributed by atoms with E-state index < -0.39 is 27.2 Å². The number of alkyl halides is 3. The molecule has 0 amide bonds. The number of rotatable bonds is 5. The van der Waals surface area contributed by atoms with Gasteiger partial charge in [-0.15, -0.1) is 0 Å². The molecule has 0 fully saturated rings. The molecule has 0 aliphatic rings. The van der Waals surface area contributed by atoms with E-state index in [2.05, 4.69) is 30.1 Å². The maximum absolute atomic E-state index is 13.2. The smallest absolute Gasteiger partial charge is 0.493 e. The first-order valence-corrected chi connectivity index (χ1v) is 9.68. The van der Waals surface area contributed by atoms with E-state index in [4.69, 9.17) is 9.47 Å². The number of benzene rings is 2. The summed E-state index contributed by atoms with van der Waals surface area (Å²) in [6.07, 6.45) is 1.05. The Kier molecular flexibility index (Phi) is 5.54. The quantitative estimate of drug-likeness (QED) is 0.290. The monoisotopic (exact) mass is 496 g/mol. The maximum atomic E-state index is 13.2. The molecular weight excluding hydrogens is 488 g/mol. The lowest BCUT2D eigenvalue weighted by Crippen LogP contribution is -2.28. The van der Waals surface area contributed by atoms with Gasteiger partial charge in [-0.1, -0.05) is 0 Å². The Hall–Kier alpha value is -2.67. The molecule has 3 aromatic rings. The lowest BCUT2D eigenvalue weighted by atomic mass is 10.2. The van der Waals surface area contributed by atoms with Gasteiger partial charge in [0.1, 0.15) is 17.9 Å². The van der Waals surface area contributed by atoms with Gasteiger partial charge in [0.05, 0.1) is 22.5 Å². The maximum Gasteiger partial charge on any atom is 0.534 e. The summed E-state index contributed by atoms with van der Waals surface area (Å²) in [5.74, 6) is -1.39. The first-order chi connectivity index (χ1) is 13.5. The van der Waals surface area contributed by atoms with Gasteiger partial charge in [-0.2, -0.15) is 21.6 Å². The second-order valence-electron chi connectivity index (χ2n) is 5.36. The molecule has 0 aliphatic carbocycles. The third kappa shape index (κ3) is 4.34. The molecule has 2 aromatic carbocycles. The minimum absolute atomic E-state index is 0.0152. The number of halogens is 5. The second-order valence-corrected chi connectivity index (χ2v) is 7.75. The van der Waals surface area contributed by atoms with Gasteiger partial charge in [0.15, 0.2) is 11.5 Å². The van der Waals surface area contributed by atoms with Crippen LogP contribution in [0.2, 0.25) is 0 Å². The highest BCUT2D eigenvalue weighted by Crippen LogP contribution is 2.39. The average Bonchev–Trinajstić information content (AvgIpc) is 2.62. The van der Waals surface area contributed by atoms with Crippen molar-refractivity contribution >= 4 is 37.0 Å². The molecule has 0 radical (unpaired) electrons. The molecule has 0 aliphatic heterocycles. The third-order valence-corrected chi connectivity index (χ3v) is 5.05. The van der Waals surface area contributed by atoms with E-state index >= 15 is 0 Å². The molecule has 0 atom stereocenters. The lowest BCUT2D eigenvalue weighted by Gasteiger charge is -2.14. The number of hydrogen-bond donors (Lipinski definition) is 0. The summed E-state index contributed by atoms with van der Waals surface area (Å²) in [6, 6.07) is 5.73. The normalized spacial score (nSPS) is 12.1. The molecule has 0 saturated carbocycles. The Morgan fingerprint density at radius 2 is 1.76 bits per heavy atom. The van der Waals surface area contributed by atoms with Gasteiger partial charge in [0, 0.05) is 6.07 Å². The van der Waals surface area contributed by atoms with E-state index in [0.29, 0.717) is 0 Å². The van der Waals surface area contributed by atoms with Crippen LogP contribution in [-0.2, 0) is 10.1 Å². The number of aromatic nitrogens is 2. The highest BCUT2D eigenvalue weighted by molar-refractivity contribution is 9.10. The van der Waals surface area contributed by atoms with Crippen LogP contribution in [0.4, 0.5) is 17.6 Å². The van der Waals surface area contributed by atoms with Crippen LogP contribution in [0.25, 0.3) is 10.9 Å². The van der Waals surface area contributed by atoms with Crippen molar-refractivity contribution in [2.45, 2.75) is 5.51 Å². The Morgan fingerprint density at radius 1 is 1.03 bits per heavy atom. The van der Waals surface area contributed by atoms with Gasteiger partial charge in [-0.05, 0) is 40.2 Å². The zero-order valence-corrected chi connectivity index (χ0v) is 16.6. The minimum Gasteiger partial charge on any atom is -0.493 e. The van der Waals surface area contributed by atoms with Crippen LogP contribution in [0.3, 0.4) is 0 Å². The molecule has 0 saturated heterocycles. The molecule has 29 heavy (non-hydrogen) atoms. The Morgan fingerprint density at radius 3 is 2.38 bits per heavy atom. The van der Waals surface area contributed by atoms with Crippen LogP contribution >= 0.6 is 15.9 Å². The van der Waals surface area contributed by atoms with E-state index in [0.717, 1.165) is 37.7 Å². The molecular formula is C16H9BrF4N2O5S. The van der Waals surface area contributed by atoms with Gasteiger partial charge in [-0.3, -0.25) is 0 Å². The van der Waals surface area contributed by atoms with Crippen LogP contribution in [0.15, 0.2) is 41.1 Å². The Bertz CT molecular complexity index is 1190. The van der Waals surface area contributed by atoms with Crippen LogP contribution in [0.1, 0.15) is 0 Å². The molecule has 0 spiro atoms. The van der Waals surface area contributed by atoms with Crippen LogP contribution in [0.5, 0.6) is 23.1 Å². The molecule has 1 heterocycles. The summed E-state index contributed by atoms with van der Waals surface area (Å²) in [5, 5.41) is 0.178. The SMILES string of the molecule is COc1cc2c(Oc3ccc(F)cc3Br)ncnc2cc1OS(=O)(=O)C(F)(F)F. The van der Waals surface area contributed by atoms with Gasteiger partial charge >= 0.3 is 15.6 Å². The summed E-state index contributed by atoms with van der Waals surface area (Å²) in [7, 11) is -4.81. The minimum atomic E-state index is -5.92. The van der Waals surface area contributed by atoms with Crippen molar-refractivity contribution in [1.29, 1.82) is 0 Å². The summed E-state index contributed by atoms with van der Waals surface area (Å²) in [4.78, 5) is 7.82. The lowest BCUT2D eigenvalue weighted by molar-refractivity contribution is -0.0500. The molecule has 13 heteroatoms. The van der Waals surface area contributed by atoms with Gasteiger partial charge in [0.2, 0.25) is 5.88 Å². The number of nitrogens with zero attached hydrogens (tertiary/aromatic N) is 2. The molecule has 154 valence electrons. The number of methoxy groups -OCH3 is 1. The van der Waals surface area contributed by atoms with E-state index in [9.17, 15) is 26.0 Å². The summed E-state index contributed by atoms with van der Waals surface area (Å²) in [5.41, 5.74) is -5.61. The first kappa shape index (κ1) is 21.0.